The van der Waals surface area contributed by atoms with E-state index in [4.69, 9.17) is 5.11 Å². The lowest BCUT2D eigenvalue weighted by molar-refractivity contribution is 0.0940. The number of carbonyl (C=O) groups is 1. The van der Waals surface area contributed by atoms with Crippen LogP contribution in [0.1, 0.15) is 16.1 Å². The zero-order valence-electron chi connectivity index (χ0n) is 9.03. The molecule has 0 aliphatic heterocycles. The Morgan fingerprint density at radius 3 is 2.88 bits per heavy atom. The number of nitrogens with zero attached hydrogens (tertiary/aromatic N) is 1. The number of rotatable bonds is 4. The highest BCUT2D eigenvalue weighted by atomic mass is 32.2. The van der Waals surface area contributed by atoms with Gasteiger partial charge in [0.2, 0.25) is 0 Å². The zero-order valence-corrected chi connectivity index (χ0v) is 9.85. The molecule has 0 fully saturated rings. The number of aryl methyl sites for hydroxylation is 1. The number of aliphatic hydroxyl groups excluding tert-OH is 1. The predicted octanol–water partition coefficient (Wildman–Crippen LogP) is -0.478. The molecule has 0 spiro atoms. The maximum atomic E-state index is 11.7. The minimum absolute atomic E-state index is 0.129. The number of aliphatic hydroxyl groups is 1. The number of nitrogens with one attached hydrogen (secondary N) is 2. The van der Waals surface area contributed by atoms with E-state index in [1.165, 1.54) is 11.8 Å². The van der Waals surface area contributed by atoms with Crippen LogP contribution in [0.4, 0.5) is 0 Å². The molecule has 1 heterocycles. The average molecular weight is 243 g/mol. The second kappa shape index (κ2) is 5.66. The molecule has 3 N–H and O–H groups in total. The Morgan fingerprint density at radius 2 is 2.31 bits per heavy atom. The van der Waals surface area contributed by atoms with Gasteiger partial charge in [-0.3, -0.25) is 4.79 Å². The molecular formula is C9H13N3O3S. The number of carbonyl (C=O) groups excluding carboxylic acids is 1. The van der Waals surface area contributed by atoms with Crippen molar-refractivity contribution in [2.24, 2.45) is 0 Å². The van der Waals surface area contributed by atoms with E-state index in [0.717, 1.165) is 0 Å². The Morgan fingerprint density at radius 1 is 1.62 bits per heavy atom. The lowest BCUT2D eigenvalue weighted by Crippen LogP contribution is -2.29. The summed E-state index contributed by atoms with van der Waals surface area (Å²) in [5, 5.41) is 11.5. The van der Waals surface area contributed by atoms with Crippen LogP contribution in [-0.2, 0) is 0 Å². The second-order valence-electron chi connectivity index (χ2n) is 3.03. The summed E-state index contributed by atoms with van der Waals surface area (Å²) in [6, 6.07) is 0. The van der Waals surface area contributed by atoms with Crippen molar-refractivity contribution in [3.05, 3.63) is 21.7 Å². The fraction of sp³-hybridized carbons (Fsp3) is 0.444. The van der Waals surface area contributed by atoms with Crippen molar-refractivity contribution in [1.82, 2.24) is 15.3 Å². The number of thioether (sulfide) groups is 1. The fourth-order valence-corrected chi connectivity index (χ4v) is 1.86. The van der Waals surface area contributed by atoms with Gasteiger partial charge >= 0.3 is 5.69 Å². The summed E-state index contributed by atoms with van der Waals surface area (Å²) in [5.74, 6) is -0.348. The number of aromatic nitrogens is 2. The standard InChI is InChI=1S/C9H13N3O3S/c1-5-6(7(14)10-3-4-13)8(16-2)12-9(15)11-5/h13H,3-4H2,1-2H3,(H,10,14)(H,11,12,15). The van der Waals surface area contributed by atoms with E-state index in [1.807, 2.05) is 0 Å². The Bertz CT molecular complexity index is 444. The minimum Gasteiger partial charge on any atom is -0.395 e. The Hall–Kier alpha value is -1.34. The third-order valence-electron chi connectivity index (χ3n) is 1.90. The van der Waals surface area contributed by atoms with Gasteiger partial charge in [0.25, 0.3) is 5.91 Å². The molecule has 0 saturated heterocycles. The van der Waals surface area contributed by atoms with E-state index in [-0.39, 0.29) is 19.1 Å². The summed E-state index contributed by atoms with van der Waals surface area (Å²) in [4.78, 5) is 29.0. The smallest absolute Gasteiger partial charge is 0.346 e. The molecule has 0 unspecified atom stereocenters. The first-order chi connectivity index (χ1) is 7.60. The molecule has 6 nitrogen and oxygen atoms in total. The van der Waals surface area contributed by atoms with Gasteiger partial charge in [0.05, 0.1) is 12.2 Å². The first-order valence-corrected chi connectivity index (χ1v) is 5.86. The van der Waals surface area contributed by atoms with Gasteiger partial charge in [0.15, 0.2) is 0 Å². The first kappa shape index (κ1) is 12.7. The summed E-state index contributed by atoms with van der Waals surface area (Å²) in [5.41, 5.74) is 0.348. The zero-order chi connectivity index (χ0) is 12.1. The van der Waals surface area contributed by atoms with E-state index < -0.39 is 5.69 Å². The molecule has 0 aliphatic carbocycles. The van der Waals surface area contributed by atoms with Gasteiger partial charge in [-0.2, -0.15) is 4.98 Å². The molecule has 1 aromatic heterocycles. The van der Waals surface area contributed by atoms with Gasteiger partial charge in [0.1, 0.15) is 5.03 Å². The van der Waals surface area contributed by atoms with Gasteiger partial charge in [0, 0.05) is 12.2 Å². The molecule has 1 rings (SSSR count). The molecule has 88 valence electrons. The van der Waals surface area contributed by atoms with Crippen molar-refractivity contribution in [3.63, 3.8) is 0 Å². The number of H-pyrrole nitrogens is 1. The Labute approximate surface area is 96.5 Å². The van der Waals surface area contributed by atoms with Gasteiger partial charge in [-0.1, -0.05) is 0 Å². The maximum absolute atomic E-state index is 11.7. The molecule has 0 saturated carbocycles. The molecule has 0 aromatic carbocycles. The fourth-order valence-electron chi connectivity index (χ4n) is 1.23. The summed E-state index contributed by atoms with van der Waals surface area (Å²) in [7, 11) is 0. The first-order valence-electron chi connectivity index (χ1n) is 4.64. The molecule has 0 aliphatic rings. The van der Waals surface area contributed by atoms with Crippen LogP contribution in [0.25, 0.3) is 0 Å². The number of amides is 1. The van der Waals surface area contributed by atoms with Crippen molar-refractivity contribution in [2.45, 2.75) is 11.9 Å². The molecular weight excluding hydrogens is 230 g/mol. The van der Waals surface area contributed by atoms with Crippen molar-refractivity contribution in [2.75, 3.05) is 19.4 Å². The van der Waals surface area contributed by atoms with Crippen molar-refractivity contribution >= 4 is 17.7 Å². The van der Waals surface area contributed by atoms with E-state index in [2.05, 4.69) is 15.3 Å². The van der Waals surface area contributed by atoms with Gasteiger partial charge in [-0.05, 0) is 13.2 Å². The molecule has 1 aromatic rings. The van der Waals surface area contributed by atoms with Crippen LogP contribution < -0.4 is 11.0 Å². The molecule has 1 amide bonds. The van der Waals surface area contributed by atoms with E-state index in [1.54, 1.807) is 13.2 Å². The Kier molecular flexibility index (Phi) is 4.51. The van der Waals surface area contributed by atoms with Crippen LogP contribution in [-0.4, -0.2) is 40.4 Å². The van der Waals surface area contributed by atoms with Crippen LogP contribution in [0.2, 0.25) is 0 Å². The van der Waals surface area contributed by atoms with Crippen LogP contribution in [0, 0.1) is 6.92 Å². The van der Waals surface area contributed by atoms with Crippen molar-refractivity contribution in [3.8, 4) is 0 Å². The van der Waals surface area contributed by atoms with Gasteiger partial charge < -0.3 is 15.4 Å². The average Bonchev–Trinajstić information content (AvgIpc) is 2.24. The summed E-state index contributed by atoms with van der Waals surface area (Å²) in [6.45, 7) is 1.68. The van der Waals surface area contributed by atoms with Crippen molar-refractivity contribution < 1.29 is 9.90 Å². The third kappa shape index (κ3) is 2.83. The van der Waals surface area contributed by atoms with Crippen LogP contribution in [0.15, 0.2) is 9.82 Å². The van der Waals surface area contributed by atoms with Crippen LogP contribution in [0.5, 0.6) is 0 Å². The number of hydrogen-bond acceptors (Lipinski definition) is 5. The third-order valence-corrected chi connectivity index (χ3v) is 2.59. The summed E-state index contributed by atoms with van der Waals surface area (Å²) < 4.78 is 0. The summed E-state index contributed by atoms with van der Waals surface area (Å²) in [6.07, 6.45) is 1.74. The predicted molar refractivity (Wildman–Crippen MR) is 60.8 cm³/mol. The lowest BCUT2D eigenvalue weighted by Gasteiger charge is -2.08. The molecule has 0 atom stereocenters. The minimum atomic E-state index is -0.472. The van der Waals surface area contributed by atoms with Crippen LogP contribution in [0.3, 0.4) is 0 Å². The highest BCUT2D eigenvalue weighted by Crippen LogP contribution is 2.17. The van der Waals surface area contributed by atoms with E-state index >= 15 is 0 Å². The van der Waals surface area contributed by atoms with Crippen molar-refractivity contribution in [1.29, 1.82) is 0 Å². The summed E-state index contributed by atoms with van der Waals surface area (Å²) >= 11 is 1.23. The van der Waals surface area contributed by atoms with Gasteiger partial charge in [-0.15, -0.1) is 11.8 Å². The number of aromatic amines is 1. The van der Waals surface area contributed by atoms with E-state index in [0.29, 0.717) is 16.3 Å². The number of hydrogen-bond donors (Lipinski definition) is 3. The highest BCUT2D eigenvalue weighted by Gasteiger charge is 2.16. The monoisotopic (exact) mass is 243 g/mol. The SMILES string of the molecule is CSc1nc(=O)[nH]c(C)c1C(=O)NCCO. The van der Waals surface area contributed by atoms with Gasteiger partial charge in [-0.25, -0.2) is 4.79 Å². The molecule has 16 heavy (non-hydrogen) atoms. The quantitative estimate of drug-likeness (QED) is 0.490. The highest BCUT2D eigenvalue weighted by molar-refractivity contribution is 7.98. The molecule has 0 bridgehead atoms. The lowest BCUT2D eigenvalue weighted by atomic mass is 10.2. The molecule has 0 radical (unpaired) electrons. The second-order valence-corrected chi connectivity index (χ2v) is 3.83. The topological polar surface area (TPSA) is 95.1 Å². The largest absolute Gasteiger partial charge is 0.395 e. The normalized spacial score (nSPS) is 10.2. The van der Waals surface area contributed by atoms with E-state index in [9.17, 15) is 9.59 Å². The molecule has 7 heteroatoms. The Balaban J connectivity index is 3.11. The maximum Gasteiger partial charge on any atom is 0.346 e. The van der Waals surface area contributed by atoms with Crippen LogP contribution >= 0.6 is 11.8 Å².